The normalized spacial score (nSPS) is 21.2. The van der Waals surface area contributed by atoms with Gasteiger partial charge in [0.15, 0.2) is 0 Å². The molecule has 0 spiro atoms. The average Bonchev–Trinajstić information content (AvgIpc) is 3.17. The Balaban J connectivity index is 0.000000647. The molecule has 2 N–H and O–H groups in total. The fourth-order valence-electron chi connectivity index (χ4n) is 2.82. The van der Waals surface area contributed by atoms with Crippen LogP contribution in [-0.4, -0.2) is 66.0 Å². The lowest BCUT2D eigenvalue weighted by molar-refractivity contribution is -0.123. The number of amides is 2. The number of hydrogen-bond acceptors (Lipinski definition) is 6. The van der Waals surface area contributed by atoms with E-state index in [0.29, 0.717) is 25.2 Å². The molecule has 2 fully saturated rings. The van der Waals surface area contributed by atoms with Gasteiger partial charge >= 0.3 is 5.97 Å². The van der Waals surface area contributed by atoms with Crippen LogP contribution in [0.15, 0.2) is 18.3 Å². The molecule has 2 saturated heterocycles. The summed E-state index contributed by atoms with van der Waals surface area (Å²) in [5.74, 6) is -0.606. The summed E-state index contributed by atoms with van der Waals surface area (Å²) in [5, 5.41) is 9.69. The summed E-state index contributed by atoms with van der Waals surface area (Å²) in [6, 6.07) is 3.01. The lowest BCUT2D eigenvalue weighted by Crippen LogP contribution is -2.33. The van der Waals surface area contributed by atoms with E-state index in [2.05, 4.69) is 15.0 Å². The van der Waals surface area contributed by atoms with Crippen LogP contribution in [0.3, 0.4) is 0 Å². The second-order valence-electron chi connectivity index (χ2n) is 5.35. The van der Waals surface area contributed by atoms with Crippen LogP contribution in [0.5, 0.6) is 0 Å². The van der Waals surface area contributed by atoms with Crippen molar-refractivity contribution in [2.75, 3.05) is 26.7 Å². The number of hydrogen-bond donors (Lipinski definition) is 2. The summed E-state index contributed by atoms with van der Waals surface area (Å²) in [7, 11) is 1.29. The first-order valence-corrected chi connectivity index (χ1v) is 7.21. The molecule has 128 valence electrons. The molecule has 0 aromatic carbocycles. The van der Waals surface area contributed by atoms with Crippen molar-refractivity contribution in [3.63, 3.8) is 0 Å². The third-order valence-corrected chi connectivity index (χ3v) is 4.01. The SMILES string of the molecule is COC(=O)c1ccc(C(=O)N2C[C@@H]3CNC(=O)[C@@H]3C2)nc1.O=CO. The predicted molar refractivity (Wildman–Crippen MR) is 80.2 cm³/mol. The predicted octanol–water partition coefficient (Wildman–Crippen LogP) is -0.613. The number of rotatable bonds is 2. The number of nitrogens with one attached hydrogen (secondary N) is 1. The second kappa shape index (κ2) is 7.53. The molecule has 9 heteroatoms. The quantitative estimate of drug-likeness (QED) is 0.545. The van der Waals surface area contributed by atoms with Crippen LogP contribution in [0.2, 0.25) is 0 Å². The zero-order valence-corrected chi connectivity index (χ0v) is 13.0. The molecular formula is C15H17N3O6. The molecule has 3 heterocycles. The Morgan fingerprint density at radius 3 is 2.67 bits per heavy atom. The Morgan fingerprint density at radius 2 is 2.12 bits per heavy atom. The maximum absolute atomic E-state index is 12.4. The summed E-state index contributed by atoms with van der Waals surface area (Å²) in [5.41, 5.74) is 0.565. The maximum atomic E-state index is 12.4. The zero-order valence-electron chi connectivity index (χ0n) is 13.0. The van der Waals surface area contributed by atoms with Crippen molar-refractivity contribution >= 4 is 24.3 Å². The first-order chi connectivity index (χ1) is 11.5. The van der Waals surface area contributed by atoms with Gasteiger partial charge in [0.25, 0.3) is 12.4 Å². The molecule has 0 aliphatic carbocycles. The Labute approximate surface area is 137 Å². The first kappa shape index (κ1) is 17.4. The highest BCUT2D eigenvalue weighted by Crippen LogP contribution is 2.28. The maximum Gasteiger partial charge on any atom is 0.339 e. The Hall–Kier alpha value is -2.97. The van der Waals surface area contributed by atoms with Gasteiger partial charge in [-0.05, 0) is 12.1 Å². The highest BCUT2D eigenvalue weighted by Gasteiger charge is 2.43. The van der Waals surface area contributed by atoms with E-state index >= 15 is 0 Å². The first-order valence-electron chi connectivity index (χ1n) is 7.21. The largest absolute Gasteiger partial charge is 0.483 e. The van der Waals surface area contributed by atoms with Crippen molar-refractivity contribution in [1.29, 1.82) is 0 Å². The van der Waals surface area contributed by atoms with Gasteiger partial charge in [0, 0.05) is 31.7 Å². The van der Waals surface area contributed by atoms with Gasteiger partial charge in [0.1, 0.15) is 5.69 Å². The van der Waals surface area contributed by atoms with Crippen LogP contribution in [0.4, 0.5) is 0 Å². The number of fused-ring (bicyclic) bond motifs is 1. The monoisotopic (exact) mass is 335 g/mol. The van der Waals surface area contributed by atoms with Crippen molar-refractivity contribution < 1.29 is 29.0 Å². The standard InChI is InChI=1S/C14H15N3O4.CH2O2/c1-21-14(20)8-2-3-11(15-4-8)13(19)17-6-9-5-16-12(18)10(9)7-17;2-1-3/h2-4,9-10H,5-7H2,1H3,(H,16,18);1H,(H,2,3)/t9-,10+;/m0./s1. The van der Waals surface area contributed by atoms with Crippen LogP contribution >= 0.6 is 0 Å². The van der Waals surface area contributed by atoms with Crippen LogP contribution in [0, 0.1) is 11.8 Å². The van der Waals surface area contributed by atoms with E-state index in [1.54, 1.807) is 4.90 Å². The van der Waals surface area contributed by atoms with Crippen molar-refractivity contribution in [3.05, 3.63) is 29.6 Å². The molecular weight excluding hydrogens is 318 g/mol. The average molecular weight is 335 g/mol. The topological polar surface area (TPSA) is 126 Å². The number of esters is 1. The number of likely N-dealkylation sites (tertiary alicyclic amines) is 1. The molecule has 24 heavy (non-hydrogen) atoms. The van der Waals surface area contributed by atoms with Gasteiger partial charge in [0.05, 0.1) is 18.6 Å². The van der Waals surface area contributed by atoms with Gasteiger partial charge in [-0.25, -0.2) is 4.79 Å². The molecule has 2 amide bonds. The van der Waals surface area contributed by atoms with Crippen LogP contribution in [0.25, 0.3) is 0 Å². The van der Waals surface area contributed by atoms with E-state index in [-0.39, 0.29) is 35.8 Å². The summed E-state index contributed by atoms with van der Waals surface area (Å²) in [4.78, 5) is 49.3. The summed E-state index contributed by atoms with van der Waals surface area (Å²) in [6.45, 7) is 1.36. The molecule has 2 aliphatic heterocycles. The number of carbonyl (C=O) groups is 4. The molecule has 1 aromatic rings. The minimum Gasteiger partial charge on any atom is -0.483 e. The lowest BCUT2D eigenvalue weighted by atomic mass is 10.0. The Morgan fingerprint density at radius 1 is 1.42 bits per heavy atom. The highest BCUT2D eigenvalue weighted by atomic mass is 16.5. The molecule has 0 saturated carbocycles. The fourth-order valence-corrected chi connectivity index (χ4v) is 2.82. The van der Waals surface area contributed by atoms with Crippen LogP contribution < -0.4 is 5.32 Å². The van der Waals surface area contributed by atoms with Gasteiger partial charge < -0.3 is 20.1 Å². The highest BCUT2D eigenvalue weighted by molar-refractivity contribution is 5.95. The minimum absolute atomic E-state index is 0.0179. The summed E-state index contributed by atoms with van der Waals surface area (Å²) in [6.07, 6.45) is 1.32. The number of methoxy groups -OCH3 is 1. The van der Waals surface area contributed by atoms with Gasteiger partial charge in [0.2, 0.25) is 5.91 Å². The molecule has 0 bridgehead atoms. The van der Waals surface area contributed by atoms with Crippen LogP contribution in [-0.2, 0) is 14.3 Å². The molecule has 1 aromatic heterocycles. The third-order valence-electron chi connectivity index (χ3n) is 4.01. The minimum atomic E-state index is -0.492. The Bertz CT molecular complexity index is 645. The van der Waals surface area contributed by atoms with E-state index in [4.69, 9.17) is 9.90 Å². The molecule has 0 unspecified atom stereocenters. The van der Waals surface area contributed by atoms with Gasteiger partial charge in [-0.2, -0.15) is 0 Å². The van der Waals surface area contributed by atoms with E-state index in [9.17, 15) is 14.4 Å². The number of carboxylic acid groups (broad SMARTS) is 1. The van der Waals surface area contributed by atoms with Gasteiger partial charge in [-0.1, -0.05) is 0 Å². The van der Waals surface area contributed by atoms with Crippen molar-refractivity contribution in [3.8, 4) is 0 Å². The number of nitrogens with zero attached hydrogens (tertiary/aromatic N) is 2. The lowest BCUT2D eigenvalue weighted by Gasteiger charge is -2.16. The van der Waals surface area contributed by atoms with E-state index in [1.807, 2.05) is 0 Å². The molecule has 9 nitrogen and oxygen atoms in total. The number of pyridine rings is 1. The Kier molecular flexibility index (Phi) is 5.46. The number of carbonyl (C=O) groups excluding carboxylic acids is 3. The van der Waals surface area contributed by atoms with E-state index in [0.717, 1.165) is 0 Å². The molecule has 2 aliphatic rings. The summed E-state index contributed by atoms with van der Waals surface area (Å²) < 4.78 is 4.58. The van der Waals surface area contributed by atoms with Gasteiger partial charge in [-0.15, -0.1) is 0 Å². The number of aromatic nitrogens is 1. The van der Waals surface area contributed by atoms with Crippen molar-refractivity contribution in [2.24, 2.45) is 11.8 Å². The second-order valence-corrected chi connectivity index (χ2v) is 5.35. The number of ether oxygens (including phenoxy) is 1. The molecule has 3 rings (SSSR count). The van der Waals surface area contributed by atoms with E-state index < -0.39 is 5.97 Å². The van der Waals surface area contributed by atoms with Crippen LogP contribution in [0.1, 0.15) is 20.8 Å². The van der Waals surface area contributed by atoms with Crippen molar-refractivity contribution in [2.45, 2.75) is 0 Å². The smallest absolute Gasteiger partial charge is 0.339 e. The van der Waals surface area contributed by atoms with Crippen molar-refractivity contribution in [1.82, 2.24) is 15.2 Å². The molecule has 2 atom stereocenters. The van der Waals surface area contributed by atoms with Gasteiger partial charge in [-0.3, -0.25) is 19.4 Å². The molecule has 0 radical (unpaired) electrons. The third kappa shape index (κ3) is 3.50. The van der Waals surface area contributed by atoms with E-state index in [1.165, 1.54) is 25.4 Å². The zero-order chi connectivity index (χ0) is 17.7. The fraction of sp³-hybridized carbons (Fsp3) is 0.400. The summed E-state index contributed by atoms with van der Waals surface area (Å²) >= 11 is 0.